The third kappa shape index (κ3) is 4.98. The molecule has 4 bridgehead atoms. The zero-order valence-corrected chi connectivity index (χ0v) is 27.9. The van der Waals surface area contributed by atoms with Gasteiger partial charge in [0.15, 0.2) is 0 Å². The zero-order valence-electron chi connectivity index (χ0n) is 27.9. The van der Waals surface area contributed by atoms with Crippen LogP contribution in [-0.4, -0.2) is 0 Å². The van der Waals surface area contributed by atoms with Crippen molar-refractivity contribution >= 4 is 38.6 Å². The summed E-state index contributed by atoms with van der Waals surface area (Å²) in [5, 5.41) is 5.15. The molecule has 0 amide bonds. The minimum atomic E-state index is 0.649. The van der Waals surface area contributed by atoms with Gasteiger partial charge < -0.3 is 4.90 Å². The summed E-state index contributed by atoms with van der Waals surface area (Å²) in [5.74, 6) is 4.22. The van der Waals surface area contributed by atoms with Crippen LogP contribution in [0.1, 0.15) is 43.6 Å². The van der Waals surface area contributed by atoms with Crippen molar-refractivity contribution in [3.63, 3.8) is 0 Å². The average molecular weight is 632 g/mol. The van der Waals surface area contributed by atoms with E-state index in [1.165, 1.54) is 93.0 Å². The molecule has 1 heteroatoms. The summed E-state index contributed by atoms with van der Waals surface area (Å²) in [7, 11) is 0. The highest BCUT2D eigenvalue weighted by Gasteiger charge is 2.49. The molecule has 1 nitrogen and oxygen atoms in total. The van der Waals surface area contributed by atoms with Crippen LogP contribution in [0.5, 0.6) is 0 Å². The van der Waals surface area contributed by atoms with Crippen LogP contribution in [0.25, 0.3) is 43.8 Å². The summed E-state index contributed by atoms with van der Waals surface area (Å²) < 4.78 is 0. The Hall–Kier alpha value is -5.14. The number of fused-ring (bicyclic) bond motifs is 2. The Labute approximate surface area is 289 Å². The summed E-state index contributed by atoms with van der Waals surface area (Å²) >= 11 is 0. The first-order valence-corrected chi connectivity index (χ1v) is 18.3. The maximum atomic E-state index is 2.54. The molecule has 11 rings (SSSR count). The van der Waals surface area contributed by atoms with E-state index in [1.54, 1.807) is 5.56 Å². The Morgan fingerprint density at radius 2 is 0.837 bits per heavy atom. The molecule has 4 saturated carbocycles. The van der Waals surface area contributed by atoms with E-state index in [4.69, 9.17) is 0 Å². The van der Waals surface area contributed by atoms with Crippen molar-refractivity contribution < 1.29 is 0 Å². The van der Waals surface area contributed by atoms with Gasteiger partial charge >= 0.3 is 0 Å². The second-order valence-corrected chi connectivity index (χ2v) is 15.0. The second-order valence-electron chi connectivity index (χ2n) is 15.0. The molecule has 238 valence electrons. The molecule has 0 heterocycles. The normalized spacial score (nSPS) is 22.5. The minimum Gasteiger partial charge on any atom is -0.310 e. The van der Waals surface area contributed by atoms with E-state index in [0.717, 1.165) is 23.7 Å². The van der Waals surface area contributed by atoms with Gasteiger partial charge in [-0.2, -0.15) is 0 Å². The van der Waals surface area contributed by atoms with E-state index >= 15 is 0 Å². The van der Waals surface area contributed by atoms with Gasteiger partial charge in [-0.05, 0) is 141 Å². The lowest BCUT2D eigenvalue weighted by atomic mass is 9.50. The molecule has 0 atom stereocenters. The Morgan fingerprint density at radius 1 is 0.388 bits per heavy atom. The first-order chi connectivity index (χ1) is 24.3. The van der Waals surface area contributed by atoms with Crippen LogP contribution >= 0.6 is 0 Å². The van der Waals surface area contributed by atoms with Crippen LogP contribution in [0.15, 0.2) is 158 Å². The third-order valence-electron chi connectivity index (χ3n) is 12.2. The molecule has 0 spiro atoms. The van der Waals surface area contributed by atoms with Crippen LogP contribution in [-0.2, 0) is 0 Å². The number of rotatable bonds is 6. The fourth-order valence-corrected chi connectivity index (χ4v) is 10.4. The lowest BCUT2D eigenvalue weighted by Gasteiger charge is -2.55. The number of hydrogen-bond donors (Lipinski definition) is 0. The highest BCUT2D eigenvalue weighted by molar-refractivity contribution is 5.98. The average Bonchev–Trinajstić information content (AvgIpc) is 3.15. The van der Waals surface area contributed by atoms with Gasteiger partial charge in [0.2, 0.25) is 0 Å². The van der Waals surface area contributed by atoms with Crippen molar-refractivity contribution in [2.75, 3.05) is 4.90 Å². The maximum Gasteiger partial charge on any atom is 0.0496 e. The largest absolute Gasteiger partial charge is 0.310 e. The van der Waals surface area contributed by atoms with E-state index in [2.05, 4.69) is 163 Å². The monoisotopic (exact) mass is 631 g/mol. The minimum absolute atomic E-state index is 0.649. The lowest BCUT2D eigenvalue weighted by Crippen LogP contribution is -2.44. The SMILES string of the molecule is c1ccc(N(c2ccc(-c3cccc4ccccc34)cc2)c2ccc(-c3cccc4ccccc34)cc2)c(C2C3CC4CC(C3)CC2C4)c1. The predicted octanol–water partition coefficient (Wildman–Crippen LogP) is 13.3. The van der Waals surface area contributed by atoms with Gasteiger partial charge in [0, 0.05) is 17.1 Å². The van der Waals surface area contributed by atoms with Crippen molar-refractivity contribution in [1.82, 2.24) is 0 Å². The van der Waals surface area contributed by atoms with Crippen LogP contribution in [0, 0.1) is 23.7 Å². The number of hydrogen-bond acceptors (Lipinski definition) is 1. The molecule has 49 heavy (non-hydrogen) atoms. The van der Waals surface area contributed by atoms with Crippen LogP contribution < -0.4 is 4.90 Å². The fraction of sp³-hybridized carbons (Fsp3) is 0.208. The molecule has 0 N–H and O–H groups in total. The first kappa shape index (κ1) is 28.8. The summed E-state index contributed by atoms with van der Waals surface area (Å²) in [6.45, 7) is 0. The molecule has 0 unspecified atom stereocenters. The van der Waals surface area contributed by atoms with Crippen molar-refractivity contribution in [2.45, 2.75) is 38.0 Å². The molecule has 0 saturated heterocycles. The summed E-state index contributed by atoms with van der Waals surface area (Å²) in [6.07, 6.45) is 7.17. The first-order valence-electron chi connectivity index (χ1n) is 18.3. The van der Waals surface area contributed by atoms with Gasteiger partial charge in [-0.1, -0.05) is 127 Å². The predicted molar refractivity (Wildman–Crippen MR) is 207 cm³/mol. The molecular weight excluding hydrogens is 591 g/mol. The lowest BCUT2D eigenvalue weighted by molar-refractivity contribution is -0.00259. The van der Waals surface area contributed by atoms with Gasteiger partial charge in [0.25, 0.3) is 0 Å². The van der Waals surface area contributed by atoms with Gasteiger partial charge in [-0.3, -0.25) is 0 Å². The van der Waals surface area contributed by atoms with Crippen LogP contribution in [0.3, 0.4) is 0 Å². The summed E-state index contributed by atoms with van der Waals surface area (Å²) in [6, 6.07) is 58.7. The van der Waals surface area contributed by atoms with Gasteiger partial charge in [0.05, 0.1) is 0 Å². The quantitative estimate of drug-likeness (QED) is 0.176. The molecular formula is C48H41N. The number of nitrogens with zero attached hydrogens (tertiary/aromatic N) is 1. The number of anilines is 3. The van der Waals surface area contributed by atoms with E-state index in [1.807, 2.05) is 0 Å². The Morgan fingerprint density at radius 3 is 1.37 bits per heavy atom. The molecule has 4 aliphatic rings. The molecule has 0 aliphatic heterocycles. The van der Waals surface area contributed by atoms with Crippen LogP contribution in [0.4, 0.5) is 17.1 Å². The standard InChI is InChI=1S/C48H41N/c1-3-13-42-34(9-1)11-7-16-44(42)36-19-23-40(24-20-36)49(41-25-21-37(22-26-41)45-17-8-12-35-10-2-4-14-43(35)45)47-18-6-5-15-46(47)48-38-28-32-27-33(30-38)31-39(48)29-32/h1-26,32-33,38-39,48H,27-31H2. The van der Waals surface area contributed by atoms with Gasteiger partial charge in [0.1, 0.15) is 0 Å². The molecule has 4 aliphatic carbocycles. The van der Waals surface area contributed by atoms with Crippen LogP contribution in [0.2, 0.25) is 0 Å². The van der Waals surface area contributed by atoms with E-state index in [-0.39, 0.29) is 0 Å². The van der Waals surface area contributed by atoms with Crippen molar-refractivity contribution in [3.8, 4) is 22.3 Å². The number of para-hydroxylation sites is 1. The second kappa shape index (κ2) is 11.8. The van der Waals surface area contributed by atoms with E-state index in [9.17, 15) is 0 Å². The highest BCUT2D eigenvalue weighted by atomic mass is 15.1. The summed E-state index contributed by atoms with van der Waals surface area (Å²) in [4.78, 5) is 2.54. The Kier molecular flexibility index (Phi) is 6.93. The van der Waals surface area contributed by atoms with Crippen molar-refractivity contribution in [1.29, 1.82) is 0 Å². The Balaban J connectivity index is 1.09. The summed E-state index contributed by atoms with van der Waals surface area (Å²) in [5.41, 5.74) is 10.4. The van der Waals surface area contributed by atoms with Gasteiger partial charge in [-0.15, -0.1) is 0 Å². The molecule has 7 aromatic carbocycles. The zero-order chi connectivity index (χ0) is 32.3. The number of benzene rings is 7. The van der Waals surface area contributed by atoms with E-state index < -0.39 is 0 Å². The smallest absolute Gasteiger partial charge is 0.0496 e. The Bertz CT molecular complexity index is 2140. The van der Waals surface area contributed by atoms with Gasteiger partial charge in [-0.25, -0.2) is 0 Å². The molecule has 0 radical (unpaired) electrons. The molecule has 7 aromatic rings. The molecule has 4 fully saturated rings. The van der Waals surface area contributed by atoms with Crippen molar-refractivity contribution in [2.24, 2.45) is 23.7 Å². The molecule has 0 aromatic heterocycles. The highest BCUT2D eigenvalue weighted by Crippen LogP contribution is 2.61. The topological polar surface area (TPSA) is 3.24 Å². The maximum absolute atomic E-state index is 2.54. The fourth-order valence-electron chi connectivity index (χ4n) is 10.4. The van der Waals surface area contributed by atoms with E-state index in [0.29, 0.717) is 5.92 Å². The third-order valence-corrected chi connectivity index (χ3v) is 12.2. The van der Waals surface area contributed by atoms with Crippen molar-refractivity contribution in [3.05, 3.63) is 163 Å².